The smallest absolute Gasteiger partial charge is 0.315 e. The van der Waals surface area contributed by atoms with Crippen molar-refractivity contribution >= 4 is 6.03 Å². The van der Waals surface area contributed by atoms with Crippen molar-refractivity contribution < 1.29 is 14.3 Å². The number of amides is 2. The third-order valence-corrected chi connectivity index (χ3v) is 4.62. The van der Waals surface area contributed by atoms with Crippen LogP contribution in [0.2, 0.25) is 0 Å². The van der Waals surface area contributed by atoms with Crippen LogP contribution in [0, 0.1) is 12.8 Å². The molecule has 1 unspecified atom stereocenters. The lowest BCUT2D eigenvalue weighted by Crippen LogP contribution is -2.41. The molecule has 1 aromatic carbocycles. The zero-order valence-electron chi connectivity index (χ0n) is 14.5. The molecule has 0 spiro atoms. The first kappa shape index (κ1) is 17.1. The summed E-state index contributed by atoms with van der Waals surface area (Å²) in [6, 6.07) is 6.24. The van der Waals surface area contributed by atoms with Crippen molar-refractivity contribution in [1.29, 1.82) is 0 Å². The predicted octanol–water partition coefficient (Wildman–Crippen LogP) is 3.15. The molecule has 0 aromatic heterocycles. The molecule has 1 saturated heterocycles. The number of hydrogen-bond acceptors (Lipinski definition) is 3. The fourth-order valence-corrected chi connectivity index (χ4v) is 2.89. The van der Waals surface area contributed by atoms with Crippen molar-refractivity contribution in [2.45, 2.75) is 51.6 Å². The van der Waals surface area contributed by atoms with Gasteiger partial charge in [0.05, 0.1) is 6.61 Å². The normalized spacial score (nSPS) is 21.0. The first-order valence-corrected chi connectivity index (χ1v) is 9.05. The summed E-state index contributed by atoms with van der Waals surface area (Å²) in [4.78, 5) is 12.1. The monoisotopic (exact) mass is 332 g/mol. The Hall–Kier alpha value is -1.75. The Labute approximate surface area is 144 Å². The van der Waals surface area contributed by atoms with Crippen LogP contribution in [-0.2, 0) is 11.3 Å². The largest absolute Gasteiger partial charge is 0.493 e. The summed E-state index contributed by atoms with van der Waals surface area (Å²) in [5.74, 6) is 1.61. The Balaban J connectivity index is 1.50. The highest BCUT2D eigenvalue weighted by Crippen LogP contribution is 2.30. The molecule has 24 heavy (non-hydrogen) atoms. The molecule has 1 saturated carbocycles. The van der Waals surface area contributed by atoms with Crippen molar-refractivity contribution in [2.75, 3.05) is 19.8 Å². The maximum Gasteiger partial charge on any atom is 0.315 e. The number of nitrogens with one attached hydrogen (secondary N) is 2. The van der Waals surface area contributed by atoms with Crippen molar-refractivity contribution in [3.05, 3.63) is 29.3 Å². The highest BCUT2D eigenvalue weighted by molar-refractivity contribution is 5.74. The molecule has 1 aliphatic carbocycles. The van der Waals surface area contributed by atoms with Crippen LogP contribution in [-0.4, -0.2) is 31.9 Å². The van der Waals surface area contributed by atoms with Gasteiger partial charge >= 0.3 is 6.03 Å². The first-order valence-electron chi connectivity index (χ1n) is 9.05. The SMILES string of the molecule is Cc1ccc(CNC(=O)NC2CCCOCC2)c(OCC2CC2)c1. The number of rotatable bonds is 6. The summed E-state index contributed by atoms with van der Waals surface area (Å²) < 4.78 is 11.4. The lowest BCUT2D eigenvalue weighted by atomic mass is 10.1. The zero-order valence-corrected chi connectivity index (χ0v) is 14.5. The second kappa shape index (κ2) is 8.38. The number of urea groups is 1. The summed E-state index contributed by atoms with van der Waals surface area (Å²) in [5, 5.41) is 6.01. The van der Waals surface area contributed by atoms with Crippen LogP contribution in [0.25, 0.3) is 0 Å². The molecule has 1 aromatic rings. The van der Waals surface area contributed by atoms with E-state index in [1.165, 1.54) is 18.4 Å². The first-order chi connectivity index (χ1) is 11.7. The summed E-state index contributed by atoms with van der Waals surface area (Å²) in [6.07, 6.45) is 5.41. The standard InChI is InChI=1S/C19H28N2O3/c1-14-4-7-16(18(11-14)24-13-15-5-6-15)12-20-19(22)21-17-3-2-9-23-10-8-17/h4,7,11,15,17H,2-3,5-6,8-10,12-13H2,1H3,(H2,20,21,22). The lowest BCUT2D eigenvalue weighted by molar-refractivity contribution is 0.143. The topological polar surface area (TPSA) is 59.6 Å². The van der Waals surface area contributed by atoms with Crippen LogP contribution < -0.4 is 15.4 Å². The molecule has 2 aliphatic rings. The number of ether oxygens (including phenoxy) is 2. The van der Waals surface area contributed by atoms with Crippen molar-refractivity contribution in [3.63, 3.8) is 0 Å². The maximum atomic E-state index is 12.1. The third kappa shape index (κ3) is 5.41. The van der Waals surface area contributed by atoms with Gasteiger partial charge in [0.25, 0.3) is 0 Å². The molecule has 2 amide bonds. The van der Waals surface area contributed by atoms with Gasteiger partial charge in [0.2, 0.25) is 0 Å². The summed E-state index contributed by atoms with van der Waals surface area (Å²) >= 11 is 0. The fraction of sp³-hybridized carbons (Fsp3) is 0.632. The molecule has 2 N–H and O–H groups in total. The van der Waals surface area contributed by atoms with Crippen molar-refractivity contribution in [2.24, 2.45) is 5.92 Å². The summed E-state index contributed by atoms with van der Waals surface area (Å²) in [6.45, 7) is 4.84. The van der Waals surface area contributed by atoms with E-state index in [0.29, 0.717) is 12.5 Å². The Kier molecular flexibility index (Phi) is 5.96. The minimum Gasteiger partial charge on any atom is -0.493 e. The summed E-state index contributed by atoms with van der Waals surface area (Å²) in [5.41, 5.74) is 2.20. The van der Waals surface area contributed by atoms with E-state index in [-0.39, 0.29) is 12.1 Å². The number of carbonyl (C=O) groups excluding carboxylic acids is 1. The molecule has 0 bridgehead atoms. The van der Waals surface area contributed by atoms with E-state index < -0.39 is 0 Å². The maximum absolute atomic E-state index is 12.1. The van der Waals surface area contributed by atoms with Crippen LogP contribution in [0.15, 0.2) is 18.2 Å². The minimum atomic E-state index is -0.115. The van der Waals surface area contributed by atoms with Gasteiger partial charge in [0, 0.05) is 31.4 Å². The number of benzene rings is 1. The van der Waals surface area contributed by atoms with Crippen LogP contribution in [0.4, 0.5) is 4.79 Å². The third-order valence-electron chi connectivity index (χ3n) is 4.62. The molecule has 1 aliphatic heterocycles. The van der Waals surface area contributed by atoms with E-state index in [1.807, 2.05) is 6.07 Å². The van der Waals surface area contributed by atoms with Gasteiger partial charge in [-0.1, -0.05) is 12.1 Å². The van der Waals surface area contributed by atoms with E-state index in [1.54, 1.807) is 0 Å². The van der Waals surface area contributed by atoms with Crippen molar-refractivity contribution in [1.82, 2.24) is 10.6 Å². The number of carbonyl (C=O) groups is 1. The molecule has 0 radical (unpaired) electrons. The minimum absolute atomic E-state index is 0.115. The van der Waals surface area contributed by atoms with E-state index in [9.17, 15) is 4.79 Å². The molecular formula is C19H28N2O3. The molecule has 1 atom stereocenters. The molecule has 3 rings (SSSR count). The molecule has 2 fully saturated rings. The Bertz CT molecular complexity index is 550. The van der Waals surface area contributed by atoms with E-state index in [4.69, 9.17) is 9.47 Å². The van der Waals surface area contributed by atoms with Gasteiger partial charge in [-0.15, -0.1) is 0 Å². The highest BCUT2D eigenvalue weighted by Gasteiger charge is 2.22. The van der Waals surface area contributed by atoms with Crippen molar-refractivity contribution in [3.8, 4) is 5.75 Å². The van der Waals surface area contributed by atoms with Crippen LogP contribution in [0.3, 0.4) is 0 Å². The molecular weight excluding hydrogens is 304 g/mol. The van der Waals surface area contributed by atoms with Gasteiger partial charge in [-0.2, -0.15) is 0 Å². The second-order valence-electron chi connectivity index (χ2n) is 6.93. The van der Waals surface area contributed by atoms with Gasteiger partial charge in [0.1, 0.15) is 5.75 Å². The van der Waals surface area contributed by atoms with Gasteiger partial charge < -0.3 is 20.1 Å². The zero-order chi connectivity index (χ0) is 16.8. The van der Waals surface area contributed by atoms with E-state index in [0.717, 1.165) is 50.4 Å². The highest BCUT2D eigenvalue weighted by atomic mass is 16.5. The Morgan fingerprint density at radius 3 is 2.96 bits per heavy atom. The Morgan fingerprint density at radius 1 is 1.25 bits per heavy atom. The number of aryl methyl sites for hydroxylation is 1. The Morgan fingerprint density at radius 2 is 2.12 bits per heavy atom. The second-order valence-corrected chi connectivity index (χ2v) is 6.93. The van der Waals surface area contributed by atoms with E-state index in [2.05, 4.69) is 29.7 Å². The van der Waals surface area contributed by atoms with Crippen LogP contribution in [0.1, 0.15) is 43.2 Å². The van der Waals surface area contributed by atoms with Crippen LogP contribution >= 0.6 is 0 Å². The quantitative estimate of drug-likeness (QED) is 0.841. The number of hydrogen-bond donors (Lipinski definition) is 2. The molecule has 5 heteroatoms. The van der Waals surface area contributed by atoms with Gasteiger partial charge in [0.15, 0.2) is 0 Å². The molecule has 1 heterocycles. The van der Waals surface area contributed by atoms with Gasteiger partial charge in [-0.3, -0.25) is 0 Å². The molecule has 5 nitrogen and oxygen atoms in total. The van der Waals surface area contributed by atoms with Crippen LogP contribution in [0.5, 0.6) is 5.75 Å². The average Bonchev–Trinajstić information content (AvgIpc) is 3.40. The fourth-order valence-electron chi connectivity index (χ4n) is 2.89. The van der Waals surface area contributed by atoms with E-state index >= 15 is 0 Å². The molecule has 132 valence electrons. The average molecular weight is 332 g/mol. The summed E-state index contributed by atoms with van der Waals surface area (Å²) in [7, 11) is 0. The van der Waals surface area contributed by atoms with Gasteiger partial charge in [-0.25, -0.2) is 4.79 Å². The predicted molar refractivity (Wildman–Crippen MR) is 93.2 cm³/mol. The van der Waals surface area contributed by atoms with Gasteiger partial charge in [-0.05, 0) is 56.6 Å². The lowest BCUT2D eigenvalue weighted by Gasteiger charge is -2.17.